The van der Waals surface area contributed by atoms with Crippen molar-refractivity contribution in [2.75, 3.05) is 19.7 Å². The third-order valence-electron chi connectivity index (χ3n) is 5.78. The zero-order valence-electron chi connectivity index (χ0n) is 15.4. The fourth-order valence-corrected chi connectivity index (χ4v) is 4.38. The summed E-state index contributed by atoms with van der Waals surface area (Å²) in [4.78, 5) is 13.6. The highest BCUT2D eigenvalue weighted by molar-refractivity contribution is 5.75. The van der Waals surface area contributed by atoms with Crippen molar-refractivity contribution in [3.63, 3.8) is 0 Å². The molecule has 4 nitrogen and oxygen atoms in total. The zero-order chi connectivity index (χ0) is 18.8. The van der Waals surface area contributed by atoms with Gasteiger partial charge in [-0.05, 0) is 79.7 Å². The summed E-state index contributed by atoms with van der Waals surface area (Å²) in [6.07, 6.45) is 4.20. The molecule has 1 amide bonds. The molecule has 0 bridgehead atoms. The van der Waals surface area contributed by atoms with E-state index >= 15 is 0 Å². The van der Waals surface area contributed by atoms with Crippen LogP contribution in [0.2, 0.25) is 0 Å². The summed E-state index contributed by atoms with van der Waals surface area (Å²) in [6, 6.07) is 13.4. The van der Waals surface area contributed by atoms with E-state index in [1.165, 1.54) is 23.6 Å². The Morgan fingerprint density at radius 3 is 2.78 bits per heavy atom. The van der Waals surface area contributed by atoms with Gasteiger partial charge < -0.3 is 10.5 Å². The first kappa shape index (κ1) is 18.0. The minimum Gasteiger partial charge on any atom is -0.484 e. The van der Waals surface area contributed by atoms with Crippen LogP contribution in [0.5, 0.6) is 5.75 Å². The number of primary amides is 1. The first-order valence-electron chi connectivity index (χ1n) is 9.62. The minimum absolute atomic E-state index is 0.122. The number of fused-ring (bicyclic) bond motifs is 1. The summed E-state index contributed by atoms with van der Waals surface area (Å²) in [5, 5.41) is 0. The highest BCUT2D eigenvalue weighted by Gasteiger charge is 2.36. The molecule has 0 spiro atoms. The Morgan fingerprint density at radius 2 is 2.07 bits per heavy atom. The number of aryl methyl sites for hydroxylation is 1. The summed E-state index contributed by atoms with van der Waals surface area (Å²) < 4.78 is 19.3. The number of amides is 1. The molecule has 0 radical (unpaired) electrons. The van der Waals surface area contributed by atoms with Gasteiger partial charge in [-0.1, -0.05) is 18.2 Å². The molecule has 5 heteroatoms. The summed E-state index contributed by atoms with van der Waals surface area (Å²) in [5.74, 6) is 0.277. The van der Waals surface area contributed by atoms with E-state index in [4.69, 9.17) is 10.5 Å². The van der Waals surface area contributed by atoms with Crippen molar-refractivity contribution in [2.45, 2.75) is 37.6 Å². The largest absolute Gasteiger partial charge is 0.484 e. The van der Waals surface area contributed by atoms with Crippen LogP contribution in [0.25, 0.3) is 0 Å². The van der Waals surface area contributed by atoms with Crippen molar-refractivity contribution >= 4 is 5.91 Å². The van der Waals surface area contributed by atoms with Crippen molar-refractivity contribution in [1.82, 2.24) is 4.90 Å². The molecule has 2 unspecified atom stereocenters. The monoisotopic (exact) mass is 368 g/mol. The van der Waals surface area contributed by atoms with Crippen LogP contribution in [-0.4, -0.2) is 36.5 Å². The fourth-order valence-electron chi connectivity index (χ4n) is 4.38. The van der Waals surface area contributed by atoms with Gasteiger partial charge in [0.05, 0.1) is 0 Å². The molecule has 1 fully saturated rings. The van der Waals surface area contributed by atoms with Gasteiger partial charge in [0.2, 0.25) is 0 Å². The Bertz CT molecular complexity index is 835. The number of ether oxygens (including phenoxy) is 1. The minimum atomic E-state index is -0.484. The van der Waals surface area contributed by atoms with Crippen molar-refractivity contribution in [2.24, 2.45) is 5.73 Å². The lowest BCUT2D eigenvalue weighted by molar-refractivity contribution is -0.119. The van der Waals surface area contributed by atoms with Crippen LogP contribution in [0.4, 0.5) is 4.39 Å². The highest BCUT2D eigenvalue weighted by Crippen LogP contribution is 2.40. The number of nitrogens with two attached hydrogens (primary N) is 1. The maximum Gasteiger partial charge on any atom is 0.255 e. The highest BCUT2D eigenvalue weighted by atomic mass is 19.1. The van der Waals surface area contributed by atoms with Gasteiger partial charge in [0.1, 0.15) is 11.6 Å². The number of benzene rings is 2. The summed E-state index contributed by atoms with van der Waals surface area (Å²) in [5.41, 5.74) is 8.79. The molecule has 1 aliphatic carbocycles. The Hall–Kier alpha value is -2.40. The van der Waals surface area contributed by atoms with Gasteiger partial charge in [-0.2, -0.15) is 0 Å². The van der Waals surface area contributed by atoms with Crippen molar-refractivity contribution in [3.05, 3.63) is 65.0 Å². The summed E-state index contributed by atoms with van der Waals surface area (Å²) in [7, 11) is 0. The van der Waals surface area contributed by atoms with E-state index in [1.807, 2.05) is 18.2 Å². The number of carbonyl (C=O) groups excluding carboxylic acids is 1. The lowest BCUT2D eigenvalue weighted by Crippen LogP contribution is -2.49. The quantitative estimate of drug-likeness (QED) is 0.853. The molecule has 142 valence electrons. The molecule has 27 heavy (non-hydrogen) atoms. The summed E-state index contributed by atoms with van der Waals surface area (Å²) in [6.45, 7) is 2.15. The second-order valence-electron chi connectivity index (χ2n) is 7.55. The topological polar surface area (TPSA) is 55.6 Å². The van der Waals surface area contributed by atoms with Crippen molar-refractivity contribution in [1.29, 1.82) is 0 Å². The number of hydrogen-bond acceptors (Lipinski definition) is 3. The number of hydrogen-bond donors (Lipinski definition) is 1. The maximum absolute atomic E-state index is 13.7. The second-order valence-corrected chi connectivity index (χ2v) is 7.55. The molecule has 2 aromatic rings. The maximum atomic E-state index is 13.7. The van der Waals surface area contributed by atoms with Crippen LogP contribution in [0, 0.1) is 5.82 Å². The van der Waals surface area contributed by atoms with Crippen molar-refractivity contribution in [3.8, 4) is 5.75 Å². The average molecular weight is 368 g/mol. The van der Waals surface area contributed by atoms with Gasteiger partial charge in [-0.25, -0.2) is 4.39 Å². The third-order valence-corrected chi connectivity index (χ3v) is 5.78. The van der Waals surface area contributed by atoms with Crippen LogP contribution < -0.4 is 10.5 Å². The average Bonchev–Trinajstić information content (AvgIpc) is 2.60. The van der Waals surface area contributed by atoms with Crippen LogP contribution in [0.3, 0.4) is 0 Å². The Labute approximate surface area is 159 Å². The lowest BCUT2D eigenvalue weighted by Gasteiger charge is -2.45. The van der Waals surface area contributed by atoms with Gasteiger partial charge in [-0.3, -0.25) is 9.69 Å². The van der Waals surface area contributed by atoms with E-state index in [1.54, 1.807) is 12.1 Å². The Morgan fingerprint density at radius 1 is 1.22 bits per heavy atom. The molecule has 2 atom stereocenters. The molecule has 4 rings (SSSR count). The van der Waals surface area contributed by atoms with Crippen LogP contribution in [0.15, 0.2) is 42.5 Å². The first-order valence-corrected chi connectivity index (χ1v) is 9.62. The molecule has 2 aromatic carbocycles. The zero-order valence-corrected chi connectivity index (χ0v) is 15.4. The van der Waals surface area contributed by atoms with E-state index < -0.39 is 5.91 Å². The van der Waals surface area contributed by atoms with E-state index in [2.05, 4.69) is 11.0 Å². The number of halogens is 1. The van der Waals surface area contributed by atoms with Gasteiger partial charge in [0, 0.05) is 12.0 Å². The molecule has 0 aromatic heterocycles. The number of carbonyl (C=O) groups is 1. The molecule has 2 N–H and O–H groups in total. The predicted octanol–water partition coefficient (Wildman–Crippen LogP) is 3.04. The lowest BCUT2D eigenvalue weighted by atomic mass is 9.75. The van der Waals surface area contributed by atoms with E-state index in [0.717, 1.165) is 37.9 Å². The molecule has 1 saturated heterocycles. The van der Waals surface area contributed by atoms with Gasteiger partial charge in [0.25, 0.3) is 5.91 Å². The molecule has 1 heterocycles. The standard InChI is InChI=1S/C22H25FN2O2/c23-17-4-1-3-15(11-17)12-20-19-13-18(27-14-22(24)26)7-5-16(19)6-8-21(20)25-9-2-10-25/h1,3-5,7,11,13,20-21H,2,6,8-10,12,14H2,(H2,24,26). The predicted molar refractivity (Wildman–Crippen MR) is 102 cm³/mol. The number of likely N-dealkylation sites (tertiary alicyclic amines) is 1. The number of nitrogens with zero attached hydrogens (tertiary/aromatic N) is 1. The molecular weight excluding hydrogens is 343 g/mol. The van der Waals surface area contributed by atoms with Crippen LogP contribution in [-0.2, 0) is 17.6 Å². The van der Waals surface area contributed by atoms with E-state index in [9.17, 15) is 9.18 Å². The molecule has 2 aliphatic rings. The SMILES string of the molecule is NC(=O)COc1ccc2c(c1)C(Cc1cccc(F)c1)C(N1CCC1)CC2. The molecular formula is C22H25FN2O2. The second kappa shape index (κ2) is 7.69. The van der Waals surface area contributed by atoms with Gasteiger partial charge >= 0.3 is 0 Å². The van der Waals surface area contributed by atoms with Crippen LogP contribution >= 0.6 is 0 Å². The van der Waals surface area contributed by atoms with Gasteiger partial charge in [0.15, 0.2) is 6.61 Å². The van der Waals surface area contributed by atoms with Gasteiger partial charge in [-0.15, -0.1) is 0 Å². The first-order chi connectivity index (χ1) is 13.1. The number of rotatable bonds is 6. The van der Waals surface area contributed by atoms with E-state index in [0.29, 0.717) is 11.8 Å². The third kappa shape index (κ3) is 3.98. The van der Waals surface area contributed by atoms with Crippen LogP contribution in [0.1, 0.15) is 35.4 Å². The van der Waals surface area contributed by atoms with Crippen molar-refractivity contribution < 1.29 is 13.9 Å². The molecule has 1 aliphatic heterocycles. The Balaban J connectivity index is 1.65. The summed E-state index contributed by atoms with van der Waals surface area (Å²) >= 11 is 0. The van der Waals surface area contributed by atoms with E-state index in [-0.39, 0.29) is 18.3 Å². The molecule has 0 saturated carbocycles. The Kier molecular flexibility index (Phi) is 5.12. The fraction of sp³-hybridized carbons (Fsp3) is 0.409. The normalized spacial score (nSPS) is 22.0. The smallest absolute Gasteiger partial charge is 0.255 e.